The molecule has 4 rings (SSSR count). The van der Waals surface area contributed by atoms with Crippen molar-refractivity contribution >= 4 is 5.91 Å². The Morgan fingerprint density at radius 1 is 1.22 bits per heavy atom. The van der Waals surface area contributed by atoms with Crippen LogP contribution >= 0.6 is 0 Å². The summed E-state index contributed by atoms with van der Waals surface area (Å²) in [5, 5.41) is 7.53. The summed E-state index contributed by atoms with van der Waals surface area (Å²) in [6, 6.07) is 5.63. The van der Waals surface area contributed by atoms with Gasteiger partial charge in [-0.15, -0.1) is 0 Å². The number of nitrogens with zero attached hydrogens (tertiary/aromatic N) is 5. The second-order valence-corrected chi connectivity index (χ2v) is 8.91. The number of aromatic nitrogens is 3. The molecule has 2 aromatic rings. The molecule has 0 saturated carbocycles. The van der Waals surface area contributed by atoms with Crippen LogP contribution in [-0.4, -0.2) is 76.4 Å². The molecule has 1 aromatic heterocycles. The van der Waals surface area contributed by atoms with Crippen molar-refractivity contribution in [1.29, 1.82) is 0 Å². The number of nitrogens with one attached hydrogen (secondary N) is 1. The molecule has 32 heavy (non-hydrogen) atoms. The maximum Gasteiger partial charge on any atom is 0.346 e. The summed E-state index contributed by atoms with van der Waals surface area (Å²) >= 11 is 0. The van der Waals surface area contributed by atoms with E-state index in [0.717, 1.165) is 52.0 Å². The summed E-state index contributed by atoms with van der Waals surface area (Å²) in [6.45, 7) is 6.06. The van der Waals surface area contributed by atoms with Gasteiger partial charge in [0.05, 0.1) is 6.54 Å². The monoisotopic (exact) mass is 444 g/mol. The molecule has 3 heterocycles. The number of fused-ring (bicyclic) bond motifs is 1. The zero-order valence-electron chi connectivity index (χ0n) is 18.8. The highest BCUT2D eigenvalue weighted by molar-refractivity contribution is 5.80. The predicted molar refractivity (Wildman–Crippen MR) is 120 cm³/mol. The summed E-state index contributed by atoms with van der Waals surface area (Å²) < 4.78 is 16.4. The minimum Gasteiger partial charge on any atom is -0.354 e. The van der Waals surface area contributed by atoms with E-state index in [9.17, 15) is 14.0 Å². The molecule has 1 amide bonds. The molecule has 2 aliphatic heterocycles. The molecule has 1 fully saturated rings. The van der Waals surface area contributed by atoms with Crippen LogP contribution in [0.15, 0.2) is 29.1 Å². The minimum absolute atomic E-state index is 0.112. The van der Waals surface area contributed by atoms with Crippen LogP contribution in [0, 0.1) is 5.82 Å². The number of halogens is 1. The van der Waals surface area contributed by atoms with Gasteiger partial charge in [0.15, 0.2) is 0 Å². The fraction of sp³-hybridized carbons (Fsp3) is 0.609. The average molecular weight is 445 g/mol. The SMILES string of the molecule is CN1CCN(CCCNC(=O)C2CCCCc3nn(Cc4cccc(F)c4)c(=O)n32)CC1. The number of hydrogen-bond acceptors (Lipinski definition) is 5. The smallest absolute Gasteiger partial charge is 0.346 e. The molecule has 8 nitrogen and oxygen atoms in total. The zero-order valence-corrected chi connectivity index (χ0v) is 18.8. The second kappa shape index (κ2) is 10.4. The third-order valence-corrected chi connectivity index (χ3v) is 6.45. The van der Waals surface area contributed by atoms with Gasteiger partial charge in [-0.05, 0) is 50.6 Å². The molecular formula is C23H33FN6O2. The first-order chi connectivity index (χ1) is 15.5. The van der Waals surface area contributed by atoms with Crippen molar-refractivity contribution in [1.82, 2.24) is 29.5 Å². The lowest BCUT2D eigenvalue weighted by Gasteiger charge is -2.32. The van der Waals surface area contributed by atoms with Crippen LogP contribution in [0.2, 0.25) is 0 Å². The molecule has 1 aromatic carbocycles. The first-order valence-corrected chi connectivity index (χ1v) is 11.6. The highest BCUT2D eigenvalue weighted by Crippen LogP contribution is 2.21. The molecule has 0 spiro atoms. The molecule has 2 aliphatic rings. The maximum absolute atomic E-state index is 13.5. The fourth-order valence-electron chi connectivity index (χ4n) is 4.56. The minimum atomic E-state index is -0.537. The van der Waals surface area contributed by atoms with Gasteiger partial charge in [0.2, 0.25) is 5.91 Å². The summed E-state index contributed by atoms with van der Waals surface area (Å²) in [5.74, 6) is 0.186. The van der Waals surface area contributed by atoms with Crippen LogP contribution in [0.3, 0.4) is 0 Å². The number of hydrogen-bond donors (Lipinski definition) is 1. The number of rotatable bonds is 7. The van der Waals surface area contributed by atoms with Crippen LogP contribution in [0.5, 0.6) is 0 Å². The topological polar surface area (TPSA) is 75.4 Å². The Hall–Kier alpha value is -2.52. The first-order valence-electron chi connectivity index (χ1n) is 11.6. The number of carbonyl (C=O) groups excluding carboxylic acids is 1. The van der Waals surface area contributed by atoms with Crippen molar-refractivity contribution in [3.63, 3.8) is 0 Å². The van der Waals surface area contributed by atoms with Crippen molar-refractivity contribution in [2.24, 2.45) is 0 Å². The van der Waals surface area contributed by atoms with Gasteiger partial charge in [0.25, 0.3) is 0 Å². The number of likely N-dealkylation sites (N-methyl/N-ethyl adjacent to an activating group) is 1. The van der Waals surface area contributed by atoms with E-state index in [2.05, 4.69) is 27.3 Å². The maximum atomic E-state index is 13.5. The van der Waals surface area contributed by atoms with Crippen molar-refractivity contribution < 1.29 is 9.18 Å². The molecule has 174 valence electrons. The van der Waals surface area contributed by atoms with Crippen molar-refractivity contribution in [2.45, 2.75) is 44.7 Å². The molecule has 0 radical (unpaired) electrons. The third-order valence-electron chi connectivity index (χ3n) is 6.45. The van der Waals surface area contributed by atoms with E-state index < -0.39 is 6.04 Å². The highest BCUT2D eigenvalue weighted by atomic mass is 19.1. The van der Waals surface area contributed by atoms with E-state index in [4.69, 9.17) is 0 Å². The number of amides is 1. The van der Waals surface area contributed by atoms with Crippen LogP contribution in [0.1, 0.15) is 43.1 Å². The van der Waals surface area contributed by atoms with E-state index in [1.807, 2.05) is 0 Å². The van der Waals surface area contributed by atoms with Gasteiger partial charge in [0, 0.05) is 39.1 Å². The molecule has 0 bridgehead atoms. The summed E-state index contributed by atoms with van der Waals surface area (Å²) in [4.78, 5) is 30.9. The van der Waals surface area contributed by atoms with Gasteiger partial charge >= 0.3 is 5.69 Å². The molecule has 1 atom stereocenters. The molecule has 0 aliphatic carbocycles. The van der Waals surface area contributed by atoms with E-state index in [0.29, 0.717) is 30.8 Å². The van der Waals surface area contributed by atoms with Crippen molar-refractivity contribution in [3.8, 4) is 0 Å². The molecular weight excluding hydrogens is 411 g/mol. The Morgan fingerprint density at radius 3 is 2.81 bits per heavy atom. The average Bonchev–Trinajstić information content (AvgIpc) is 2.94. The van der Waals surface area contributed by atoms with Crippen LogP contribution < -0.4 is 11.0 Å². The van der Waals surface area contributed by atoms with Gasteiger partial charge in [-0.2, -0.15) is 5.10 Å². The number of carbonyl (C=O) groups is 1. The standard InChI is InChI=1S/C23H33FN6O2/c1-27-12-14-28(15-13-27)11-5-10-25-22(31)20-8-2-3-9-21-26-29(23(32)30(20)21)17-18-6-4-7-19(24)16-18/h4,6-7,16,20H,2-3,5,8-15,17H2,1H3,(H,25,31). The van der Waals surface area contributed by atoms with Gasteiger partial charge < -0.3 is 15.1 Å². The Labute approximate surface area is 188 Å². The van der Waals surface area contributed by atoms with Crippen LogP contribution in [0.4, 0.5) is 4.39 Å². The van der Waals surface area contributed by atoms with Gasteiger partial charge in [-0.1, -0.05) is 18.6 Å². The molecule has 1 unspecified atom stereocenters. The zero-order chi connectivity index (χ0) is 22.5. The number of benzene rings is 1. The Bertz CT molecular complexity index is 979. The van der Waals surface area contributed by atoms with Gasteiger partial charge in [-0.3, -0.25) is 9.36 Å². The van der Waals surface area contributed by atoms with E-state index in [1.165, 1.54) is 16.8 Å². The van der Waals surface area contributed by atoms with Crippen molar-refractivity contribution in [3.05, 3.63) is 52.0 Å². The van der Waals surface area contributed by atoms with Crippen molar-refractivity contribution in [2.75, 3.05) is 46.3 Å². The predicted octanol–water partition coefficient (Wildman–Crippen LogP) is 1.25. The lowest BCUT2D eigenvalue weighted by Crippen LogP contribution is -2.45. The quantitative estimate of drug-likeness (QED) is 0.651. The fourth-order valence-corrected chi connectivity index (χ4v) is 4.56. The number of piperazine rings is 1. The van der Waals surface area contributed by atoms with Gasteiger partial charge in [0.1, 0.15) is 17.7 Å². The van der Waals surface area contributed by atoms with Crippen LogP contribution in [0.25, 0.3) is 0 Å². The van der Waals surface area contributed by atoms with E-state index in [-0.39, 0.29) is 24.0 Å². The lowest BCUT2D eigenvalue weighted by atomic mass is 10.1. The van der Waals surface area contributed by atoms with E-state index in [1.54, 1.807) is 16.7 Å². The first kappa shape index (κ1) is 22.7. The Kier molecular flexibility index (Phi) is 7.36. The lowest BCUT2D eigenvalue weighted by molar-refractivity contribution is -0.124. The summed E-state index contributed by atoms with van der Waals surface area (Å²) in [5.41, 5.74) is 0.369. The second-order valence-electron chi connectivity index (χ2n) is 8.91. The van der Waals surface area contributed by atoms with E-state index >= 15 is 0 Å². The normalized spacial score (nSPS) is 20.0. The molecule has 9 heteroatoms. The Balaban J connectivity index is 1.38. The summed E-state index contributed by atoms with van der Waals surface area (Å²) in [6.07, 6.45) is 3.96. The van der Waals surface area contributed by atoms with Gasteiger partial charge in [-0.25, -0.2) is 13.9 Å². The molecule has 1 N–H and O–H groups in total. The third kappa shape index (κ3) is 5.45. The Morgan fingerprint density at radius 2 is 2.03 bits per heavy atom. The summed E-state index contributed by atoms with van der Waals surface area (Å²) in [7, 11) is 2.14. The number of aryl methyl sites for hydroxylation is 1. The highest BCUT2D eigenvalue weighted by Gasteiger charge is 2.29. The largest absolute Gasteiger partial charge is 0.354 e. The molecule has 1 saturated heterocycles. The van der Waals surface area contributed by atoms with Crippen LogP contribution in [-0.2, 0) is 17.8 Å².